The van der Waals surface area contributed by atoms with Gasteiger partial charge in [0.05, 0.1) is 17.6 Å². The first kappa shape index (κ1) is 20.9. The van der Waals surface area contributed by atoms with E-state index in [4.69, 9.17) is 0 Å². The molecule has 0 N–H and O–H groups in total. The summed E-state index contributed by atoms with van der Waals surface area (Å²) in [7, 11) is -1.90. The van der Waals surface area contributed by atoms with Crippen LogP contribution in [0.4, 0.5) is 0 Å². The van der Waals surface area contributed by atoms with Crippen molar-refractivity contribution in [3.05, 3.63) is 35.8 Å². The Morgan fingerprint density at radius 1 is 1.10 bits per heavy atom. The molecule has 4 heterocycles. The standard InChI is InChI=1S/C20H28N6O3S/c1-15-17(20(27)25-8-4-3-5-9-25)11-21-19(23-15)16-7-6-10-26(12-16)30(28,29)18-13-24(2)14-22-18/h11,13-14,16H,3-10,12H2,1-2H3/t16-/m1/s1. The van der Waals surface area contributed by atoms with E-state index in [9.17, 15) is 13.2 Å². The molecule has 2 aliphatic heterocycles. The van der Waals surface area contributed by atoms with Gasteiger partial charge in [0.15, 0.2) is 5.03 Å². The highest BCUT2D eigenvalue weighted by Crippen LogP contribution is 2.28. The zero-order valence-electron chi connectivity index (χ0n) is 17.5. The van der Waals surface area contributed by atoms with Crippen LogP contribution in [0.3, 0.4) is 0 Å². The number of rotatable bonds is 4. The van der Waals surface area contributed by atoms with Crippen molar-refractivity contribution in [2.75, 3.05) is 26.2 Å². The van der Waals surface area contributed by atoms with Gasteiger partial charge in [0, 0.05) is 51.5 Å². The second-order valence-corrected chi connectivity index (χ2v) is 10.0. The molecule has 9 nitrogen and oxygen atoms in total. The molecule has 0 saturated carbocycles. The highest BCUT2D eigenvalue weighted by atomic mass is 32.2. The molecule has 0 bridgehead atoms. The van der Waals surface area contributed by atoms with Crippen LogP contribution in [0, 0.1) is 6.92 Å². The average Bonchev–Trinajstić information content (AvgIpc) is 3.21. The average molecular weight is 433 g/mol. The molecule has 1 amide bonds. The lowest BCUT2D eigenvalue weighted by molar-refractivity contribution is 0.0722. The van der Waals surface area contributed by atoms with Crippen LogP contribution in [0.15, 0.2) is 23.7 Å². The van der Waals surface area contributed by atoms with E-state index in [1.54, 1.807) is 17.8 Å². The second kappa shape index (κ2) is 8.43. The van der Waals surface area contributed by atoms with Gasteiger partial charge in [0.2, 0.25) is 0 Å². The SMILES string of the molecule is Cc1nc([C@@H]2CCCN(S(=O)(=O)c3cn(C)cn3)C2)ncc1C(=O)N1CCCCC1. The maximum atomic E-state index is 12.9. The van der Waals surface area contributed by atoms with Gasteiger partial charge < -0.3 is 9.47 Å². The van der Waals surface area contributed by atoms with E-state index in [1.807, 2.05) is 11.8 Å². The van der Waals surface area contributed by atoms with Crippen LogP contribution in [0.5, 0.6) is 0 Å². The lowest BCUT2D eigenvalue weighted by Gasteiger charge is -2.31. The lowest BCUT2D eigenvalue weighted by Crippen LogP contribution is -2.40. The highest BCUT2D eigenvalue weighted by molar-refractivity contribution is 7.89. The Morgan fingerprint density at radius 2 is 1.87 bits per heavy atom. The quantitative estimate of drug-likeness (QED) is 0.729. The highest BCUT2D eigenvalue weighted by Gasteiger charge is 2.33. The fourth-order valence-corrected chi connectivity index (χ4v) is 5.67. The van der Waals surface area contributed by atoms with Crippen molar-refractivity contribution in [2.24, 2.45) is 7.05 Å². The Bertz CT molecular complexity index is 1030. The van der Waals surface area contributed by atoms with Gasteiger partial charge in [-0.15, -0.1) is 0 Å². The Morgan fingerprint density at radius 3 is 2.53 bits per heavy atom. The van der Waals surface area contributed by atoms with Crippen LogP contribution in [0.25, 0.3) is 0 Å². The minimum absolute atomic E-state index is 0.0123. The fraction of sp³-hybridized carbons (Fsp3) is 0.600. The van der Waals surface area contributed by atoms with Crippen LogP contribution in [-0.2, 0) is 17.1 Å². The Hall–Kier alpha value is -2.33. The molecule has 2 aliphatic rings. The van der Waals surface area contributed by atoms with Crippen molar-refractivity contribution in [3.63, 3.8) is 0 Å². The Kier molecular flexibility index (Phi) is 5.88. The summed E-state index contributed by atoms with van der Waals surface area (Å²) >= 11 is 0. The van der Waals surface area contributed by atoms with Crippen molar-refractivity contribution in [1.29, 1.82) is 0 Å². The second-order valence-electron chi connectivity index (χ2n) is 8.16. The molecule has 1 atom stereocenters. The number of aromatic nitrogens is 4. The Balaban J connectivity index is 1.51. The summed E-state index contributed by atoms with van der Waals surface area (Å²) in [6, 6.07) is 0. The van der Waals surface area contributed by atoms with Crippen molar-refractivity contribution in [3.8, 4) is 0 Å². The summed E-state index contributed by atoms with van der Waals surface area (Å²) in [5, 5.41) is 0.0604. The molecule has 0 unspecified atom stereocenters. The summed E-state index contributed by atoms with van der Waals surface area (Å²) in [5.74, 6) is 0.487. The third kappa shape index (κ3) is 4.11. The summed E-state index contributed by atoms with van der Waals surface area (Å²) in [5.41, 5.74) is 1.19. The third-order valence-electron chi connectivity index (χ3n) is 5.91. The zero-order chi connectivity index (χ0) is 21.3. The number of carbonyl (C=O) groups is 1. The predicted octanol–water partition coefficient (Wildman–Crippen LogP) is 1.71. The van der Waals surface area contributed by atoms with E-state index >= 15 is 0 Å². The third-order valence-corrected chi connectivity index (χ3v) is 7.66. The summed E-state index contributed by atoms with van der Waals surface area (Å²) in [6.07, 6.45) is 9.39. The van der Waals surface area contributed by atoms with Gasteiger partial charge in [0.25, 0.3) is 15.9 Å². The minimum atomic E-state index is -3.64. The van der Waals surface area contributed by atoms with Crippen LogP contribution in [0.1, 0.15) is 59.9 Å². The number of hydrogen-bond donors (Lipinski definition) is 0. The van der Waals surface area contributed by atoms with Gasteiger partial charge >= 0.3 is 0 Å². The van der Waals surface area contributed by atoms with E-state index in [-0.39, 0.29) is 16.9 Å². The molecule has 2 fully saturated rings. The number of nitrogens with zero attached hydrogens (tertiary/aromatic N) is 6. The first-order valence-corrected chi connectivity index (χ1v) is 11.9. The van der Waals surface area contributed by atoms with Crippen LogP contribution in [0.2, 0.25) is 0 Å². The molecule has 4 rings (SSSR count). The molecule has 2 saturated heterocycles. The number of carbonyl (C=O) groups excluding carboxylic acids is 1. The molecular weight excluding hydrogens is 404 g/mol. The largest absolute Gasteiger partial charge is 0.339 e. The van der Waals surface area contributed by atoms with E-state index in [1.165, 1.54) is 16.8 Å². The van der Waals surface area contributed by atoms with Gasteiger partial charge in [-0.3, -0.25) is 4.79 Å². The van der Waals surface area contributed by atoms with Gasteiger partial charge in [-0.05, 0) is 39.0 Å². The first-order valence-electron chi connectivity index (χ1n) is 10.5. The Labute approximate surface area is 177 Å². The van der Waals surface area contributed by atoms with Crippen LogP contribution < -0.4 is 0 Å². The van der Waals surface area contributed by atoms with E-state index in [0.717, 1.165) is 45.2 Å². The molecular formula is C20H28N6O3S. The smallest absolute Gasteiger partial charge is 0.262 e. The van der Waals surface area contributed by atoms with Crippen molar-refractivity contribution in [1.82, 2.24) is 28.7 Å². The summed E-state index contributed by atoms with van der Waals surface area (Å²) in [6.45, 7) is 4.16. The van der Waals surface area contributed by atoms with Crippen molar-refractivity contribution >= 4 is 15.9 Å². The topological polar surface area (TPSA) is 101 Å². The van der Waals surface area contributed by atoms with Gasteiger partial charge in [-0.1, -0.05) is 0 Å². The molecule has 0 spiro atoms. The van der Waals surface area contributed by atoms with Crippen LogP contribution >= 0.6 is 0 Å². The maximum absolute atomic E-state index is 12.9. The van der Waals surface area contributed by atoms with E-state index in [2.05, 4.69) is 15.0 Å². The number of sulfonamides is 1. The molecule has 2 aromatic heterocycles. The lowest BCUT2D eigenvalue weighted by atomic mass is 9.98. The summed E-state index contributed by atoms with van der Waals surface area (Å²) in [4.78, 5) is 27.8. The normalized spacial score (nSPS) is 21.0. The molecule has 2 aromatic rings. The molecule has 30 heavy (non-hydrogen) atoms. The number of aryl methyl sites for hydroxylation is 2. The van der Waals surface area contributed by atoms with Gasteiger partial charge in [-0.25, -0.2) is 23.4 Å². The maximum Gasteiger partial charge on any atom is 0.262 e. The van der Waals surface area contributed by atoms with Crippen LogP contribution in [-0.4, -0.2) is 69.2 Å². The monoisotopic (exact) mass is 432 g/mol. The molecule has 10 heteroatoms. The first-order chi connectivity index (χ1) is 14.4. The molecule has 0 aromatic carbocycles. The number of piperidine rings is 2. The molecule has 0 radical (unpaired) electrons. The van der Waals surface area contributed by atoms with Gasteiger partial charge in [0.1, 0.15) is 5.82 Å². The van der Waals surface area contributed by atoms with Crippen molar-refractivity contribution < 1.29 is 13.2 Å². The zero-order valence-corrected chi connectivity index (χ0v) is 18.3. The molecule has 0 aliphatic carbocycles. The number of amides is 1. The predicted molar refractivity (Wildman–Crippen MR) is 110 cm³/mol. The fourth-order valence-electron chi connectivity index (χ4n) is 4.18. The number of hydrogen-bond acceptors (Lipinski definition) is 6. The summed E-state index contributed by atoms with van der Waals surface area (Å²) < 4.78 is 28.9. The molecule has 162 valence electrons. The minimum Gasteiger partial charge on any atom is -0.339 e. The van der Waals surface area contributed by atoms with Gasteiger partial charge in [-0.2, -0.15) is 4.31 Å². The van der Waals surface area contributed by atoms with E-state index < -0.39 is 10.0 Å². The van der Waals surface area contributed by atoms with E-state index in [0.29, 0.717) is 30.2 Å². The number of likely N-dealkylation sites (tertiary alicyclic amines) is 1. The number of imidazole rings is 1. The van der Waals surface area contributed by atoms with Crippen molar-refractivity contribution in [2.45, 2.75) is 50.0 Å².